The first-order chi connectivity index (χ1) is 11.1. The minimum Gasteiger partial charge on any atom is -0.496 e. The molecule has 1 aromatic heterocycles. The molecule has 23 heavy (non-hydrogen) atoms. The average molecular weight is 316 g/mol. The number of amides is 1. The van der Waals surface area contributed by atoms with Gasteiger partial charge in [0.05, 0.1) is 19.4 Å². The summed E-state index contributed by atoms with van der Waals surface area (Å²) in [6, 6.07) is 5.70. The highest BCUT2D eigenvalue weighted by Gasteiger charge is 2.28. The van der Waals surface area contributed by atoms with E-state index >= 15 is 0 Å². The number of aliphatic carboxylic acids is 1. The number of carboxylic acid groups (broad SMARTS) is 1. The Morgan fingerprint density at radius 1 is 1.43 bits per heavy atom. The zero-order chi connectivity index (χ0) is 16.4. The molecule has 2 heterocycles. The van der Waals surface area contributed by atoms with E-state index in [1.54, 1.807) is 12.0 Å². The van der Waals surface area contributed by atoms with Crippen LogP contribution in [0.1, 0.15) is 18.4 Å². The molecule has 0 spiro atoms. The van der Waals surface area contributed by atoms with E-state index in [4.69, 9.17) is 9.84 Å². The lowest BCUT2D eigenvalue weighted by Crippen LogP contribution is -2.42. The fourth-order valence-electron chi connectivity index (χ4n) is 3.21. The number of carbonyl (C=O) groups excluding carboxylic acids is 1. The summed E-state index contributed by atoms with van der Waals surface area (Å²) in [5.41, 5.74) is 1.80. The van der Waals surface area contributed by atoms with E-state index < -0.39 is 11.9 Å². The monoisotopic (exact) mass is 316 g/mol. The Kier molecular flexibility index (Phi) is 4.23. The normalized spacial score (nSPS) is 18.1. The molecule has 0 aliphatic carbocycles. The van der Waals surface area contributed by atoms with Gasteiger partial charge >= 0.3 is 5.97 Å². The Bertz CT molecular complexity index is 737. The third-order valence-corrected chi connectivity index (χ3v) is 4.43. The van der Waals surface area contributed by atoms with Crippen molar-refractivity contribution in [2.75, 3.05) is 20.2 Å². The molecule has 1 aromatic carbocycles. The maximum atomic E-state index is 12.6. The molecule has 1 aliphatic heterocycles. The largest absolute Gasteiger partial charge is 0.496 e. The van der Waals surface area contributed by atoms with E-state index in [0.717, 1.165) is 28.6 Å². The number of methoxy groups -OCH3 is 1. The molecule has 0 bridgehead atoms. The quantitative estimate of drug-likeness (QED) is 0.904. The highest BCUT2D eigenvalue weighted by atomic mass is 16.5. The molecular formula is C17H20N2O4. The van der Waals surface area contributed by atoms with E-state index in [1.807, 2.05) is 24.4 Å². The molecule has 1 aliphatic rings. The summed E-state index contributed by atoms with van der Waals surface area (Å²) < 4.78 is 5.38. The molecule has 6 heteroatoms. The van der Waals surface area contributed by atoms with Crippen molar-refractivity contribution in [2.24, 2.45) is 5.92 Å². The standard InChI is InChI=1S/C17H20N2O4/c1-23-14-6-2-5-13-16(14)12(9-18-13)8-15(20)19-7-3-4-11(10-19)17(21)22/h2,5-6,9,11,18H,3-4,7-8,10H2,1H3,(H,21,22)/t11-/m0/s1. The number of aromatic nitrogens is 1. The minimum absolute atomic E-state index is 0.0391. The van der Waals surface area contributed by atoms with Crippen molar-refractivity contribution in [3.63, 3.8) is 0 Å². The Morgan fingerprint density at radius 3 is 3.00 bits per heavy atom. The van der Waals surface area contributed by atoms with Gasteiger partial charge in [-0.1, -0.05) is 6.07 Å². The van der Waals surface area contributed by atoms with Crippen LogP contribution in [0.15, 0.2) is 24.4 Å². The summed E-state index contributed by atoms with van der Waals surface area (Å²) in [4.78, 5) is 28.5. The van der Waals surface area contributed by atoms with Gasteiger partial charge in [0.25, 0.3) is 0 Å². The van der Waals surface area contributed by atoms with Gasteiger partial charge in [0.1, 0.15) is 5.75 Å². The van der Waals surface area contributed by atoms with Crippen molar-refractivity contribution in [3.05, 3.63) is 30.0 Å². The van der Waals surface area contributed by atoms with Crippen LogP contribution in [0.2, 0.25) is 0 Å². The van der Waals surface area contributed by atoms with Crippen LogP contribution in [0.3, 0.4) is 0 Å². The number of carboxylic acids is 1. The van der Waals surface area contributed by atoms with Gasteiger partial charge in [0.15, 0.2) is 0 Å². The minimum atomic E-state index is -0.823. The van der Waals surface area contributed by atoms with Gasteiger partial charge in [0, 0.05) is 30.2 Å². The van der Waals surface area contributed by atoms with Crippen LogP contribution in [0.4, 0.5) is 0 Å². The highest BCUT2D eigenvalue weighted by Crippen LogP contribution is 2.29. The molecule has 6 nitrogen and oxygen atoms in total. The maximum absolute atomic E-state index is 12.6. The Morgan fingerprint density at radius 2 is 2.26 bits per heavy atom. The summed E-state index contributed by atoms with van der Waals surface area (Å²) in [6.07, 6.45) is 3.44. The van der Waals surface area contributed by atoms with Crippen molar-refractivity contribution in [1.29, 1.82) is 0 Å². The molecule has 0 radical (unpaired) electrons. The van der Waals surface area contributed by atoms with E-state index in [1.165, 1.54) is 0 Å². The molecule has 1 saturated heterocycles. The van der Waals surface area contributed by atoms with E-state index in [9.17, 15) is 9.59 Å². The fourth-order valence-corrected chi connectivity index (χ4v) is 3.21. The van der Waals surface area contributed by atoms with Crippen molar-refractivity contribution in [3.8, 4) is 5.75 Å². The number of rotatable bonds is 4. The van der Waals surface area contributed by atoms with Crippen LogP contribution in [0.5, 0.6) is 5.75 Å². The number of fused-ring (bicyclic) bond motifs is 1. The number of nitrogens with zero attached hydrogens (tertiary/aromatic N) is 1. The van der Waals surface area contributed by atoms with Crippen LogP contribution in [-0.2, 0) is 16.0 Å². The van der Waals surface area contributed by atoms with Crippen LogP contribution in [-0.4, -0.2) is 47.1 Å². The highest BCUT2D eigenvalue weighted by molar-refractivity contribution is 5.93. The number of piperidine rings is 1. The topological polar surface area (TPSA) is 82.6 Å². The van der Waals surface area contributed by atoms with Crippen molar-refractivity contribution in [1.82, 2.24) is 9.88 Å². The van der Waals surface area contributed by atoms with Gasteiger partial charge in [0.2, 0.25) is 5.91 Å². The summed E-state index contributed by atoms with van der Waals surface area (Å²) in [7, 11) is 1.61. The first-order valence-electron chi connectivity index (χ1n) is 7.73. The molecule has 122 valence electrons. The third-order valence-electron chi connectivity index (χ3n) is 4.43. The summed E-state index contributed by atoms with van der Waals surface area (Å²) >= 11 is 0. The molecule has 1 fully saturated rings. The Labute approximate surface area is 134 Å². The van der Waals surface area contributed by atoms with E-state index in [2.05, 4.69) is 4.98 Å². The number of aromatic amines is 1. The summed E-state index contributed by atoms with van der Waals surface area (Å²) in [5.74, 6) is -0.585. The van der Waals surface area contributed by atoms with E-state index in [0.29, 0.717) is 19.5 Å². The molecular weight excluding hydrogens is 296 g/mol. The Hall–Kier alpha value is -2.50. The second-order valence-corrected chi connectivity index (χ2v) is 5.89. The molecule has 0 unspecified atom stereocenters. The summed E-state index contributed by atoms with van der Waals surface area (Å²) in [5, 5.41) is 10.1. The molecule has 2 N–H and O–H groups in total. The predicted octanol–water partition coefficient (Wildman–Crippen LogP) is 2.04. The van der Waals surface area contributed by atoms with Gasteiger partial charge in [-0.2, -0.15) is 0 Å². The molecule has 1 atom stereocenters. The molecule has 2 aromatic rings. The smallest absolute Gasteiger partial charge is 0.308 e. The van der Waals surface area contributed by atoms with Crippen LogP contribution >= 0.6 is 0 Å². The predicted molar refractivity (Wildman–Crippen MR) is 85.5 cm³/mol. The lowest BCUT2D eigenvalue weighted by molar-refractivity contribution is -0.145. The third kappa shape index (κ3) is 3.02. The molecule has 3 rings (SSSR count). The number of carbonyl (C=O) groups is 2. The van der Waals surface area contributed by atoms with Gasteiger partial charge in [-0.15, -0.1) is 0 Å². The first-order valence-corrected chi connectivity index (χ1v) is 7.73. The van der Waals surface area contributed by atoms with Crippen molar-refractivity contribution < 1.29 is 19.4 Å². The van der Waals surface area contributed by atoms with Crippen molar-refractivity contribution in [2.45, 2.75) is 19.3 Å². The number of nitrogens with one attached hydrogen (secondary N) is 1. The fraction of sp³-hybridized carbons (Fsp3) is 0.412. The number of likely N-dealkylation sites (tertiary alicyclic amines) is 1. The van der Waals surface area contributed by atoms with Crippen LogP contribution in [0, 0.1) is 5.92 Å². The van der Waals surface area contributed by atoms with Crippen LogP contribution < -0.4 is 4.74 Å². The zero-order valence-electron chi connectivity index (χ0n) is 13.0. The number of hydrogen-bond donors (Lipinski definition) is 2. The molecule has 1 amide bonds. The molecule has 0 saturated carbocycles. The second kappa shape index (κ2) is 6.32. The first kappa shape index (κ1) is 15.4. The maximum Gasteiger partial charge on any atom is 0.308 e. The number of benzene rings is 1. The number of H-pyrrole nitrogens is 1. The van der Waals surface area contributed by atoms with Gasteiger partial charge in [-0.05, 0) is 30.5 Å². The van der Waals surface area contributed by atoms with Gasteiger partial charge in [-0.3, -0.25) is 9.59 Å². The average Bonchev–Trinajstić information content (AvgIpc) is 2.98. The van der Waals surface area contributed by atoms with Crippen LogP contribution in [0.25, 0.3) is 10.9 Å². The summed E-state index contributed by atoms with van der Waals surface area (Å²) in [6.45, 7) is 0.926. The van der Waals surface area contributed by atoms with Crippen molar-refractivity contribution >= 4 is 22.8 Å². The number of ether oxygens (including phenoxy) is 1. The lowest BCUT2D eigenvalue weighted by Gasteiger charge is -2.30. The lowest BCUT2D eigenvalue weighted by atomic mass is 9.97. The Balaban J connectivity index is 1.79. The van der Waals surface area contributed by atoms with Gasteiger partial charge < -0.3 is 19.7 Å². The zero-order valence-corrected chi connectivity index (χ0v) is 13.0. The van der Waals surface area contributed by atoms with E-state index in [-0.39, 0.29) is 12.3 Å². The second-order valence-electron chi connectivity index (χ2n) is 5.89. The van der Waals surface area contributed by atoms with Gasteiger partial charge in [-0.25, -0.2) is 0 Å². The number of hydrogen-bond acceptors (Lipinski definition) is 3. The SMILES string of the molecule is COc1cccc2[nH]cc(CC(=O)N3CCC[C@H](C(=O)O)C3)c12.